The van der Waals surface area contributed by atoms with Gasteiger partial charge in [-0.15, -0.1) is 0 Å². The fourth-order valence-electron chi connectivity index (χ4n) is 1.73. The van der Waals surface area contributed by atoms with E-state index < -0.39 is 0 Å². The van der Waals surface area contributed by atoms with Gasteiger partial charge in [-0.25, -0.2) is 0 Å². The summed E-state index contributed by atoms with van der Waals surface area (Å²) < 4.78 is 6.15. The number of benzene rings is 1. The van der Waals surface area contributed by atoms with Crippen LogP contribution in [-0.4, -0.2) is 6.04 Å². The maximum atomic E-state index is 6.10. The van der Waals surface area contributed by atoms with E-state index in [0.29, 0.717) is 0 Å². The highest BCUT2D eigenvalue weighted by Crippen LogP contribution is 2.18. The Morgan fingerprint density at radius 1 is 1.19 bits per heavy atom. The highest BCUT2D eigenvalue weighted by atomic mass is 79.9. The minimum Gasteiger partial charge on any atom is -0.472 e. The van der Waals surface area contributed by atoms with Crippen molar-refractivity contribution in [1.29, 1.82) is 0 Å². The molecule has 2 N–H and O–H groups in total. The molecule has 2 aromatic rings. The largest absolute Gasteiger partial charge is 0.472 e. The molecule has 16 heavy (non-hydrogen) atoms. The van der Waals surface area contributed by atoms with Gasteiger partial charge in [0.05, 0.1) is 12.5 Å². The van der Waals surface area contributed by atoms with Gasteiger partial charge in [0.1, 0.15) is 0 Å². The van der Waals surface area contributed by atoms with Crippen molar-refractivity contribution in [3.8, 4) is 0 Å². The molecule has 84 valence electrons. The van der Waals surface area contributed by atoms with Crippen molar-refractivity contribution >= 4 is 15.9 Å². The van der Waals surface area contributed by atoms with Crippen molar-refractivity contribution in [3.63, 3.8) is 0 Å². The molecule has 0 amide bonds. The Hall–Kier alpha value is -1.06. The number of hydrogen-bond donors (Lipinski definition) is 1. The highest BCUT2D eigenvalue weighted by Gasteiger charge is 2.08. The van der Waals surface area contributed by atoms with Gasteiger partial charge in [0, 0.05) is 10.5 Å². The van der Waals surface area contributed by atoms with Crippen molar-refractivity contribution in [2.75, 3.05) is 0 Å². The Morgan fingerprint density at radius 3 is 2.69 bits per heavy atom. The van der Waals surface area contributed by atoms with E-state index in [2.05, 4.69) is 22.0 Å². The van der Waals surface area contributed by atoms with Crippen LogP contribution in [0.3, 0.4) is 0 Å². The molecule has 1 unspecified atom stereocenters. The molecule has 2 nitrogen and oxygen atoms in total. The zero-order chi connectivity index (χ0) is 11.4. The molecular formula is C13H14BrNO. The molecule has 0 bridgehead atoms. The molecule has 1 aromatic heterocycles. The zero-order valence-corrected chi connectivity index (χ0v) is 10.5. The second-order valence-corrected chi connectivity index (χ2v) is 4.75. The van der Waals surface area contributed by atoms with Crippen LogP contribution < -0.4 is 5.73 Å². The SMILES string of the molecule is NC(Cc1ccoc1)Cc1ccccc1Br. The molecule has 0 spiro atoms. The lowest BCUT2D eigenvalue weighted by molar-refractivity contribution is 0.559. The number of furan rings is 1. The van der Waals surface area contributed by atoms with Crippen LogP contribution in [0.5, 0.6) is 0 Å². The monoisotopic (exact) mass is 279 g/mol. The van der Waals surface area contributed by atoms with E-state index in [-0.39, 0.29) is 6.04 Å². The maximum absolute atomic E-state index is 6.10. The van der Waals surface area contributed by atoms with Gasteiger partial charge in [-0.2, -0.15) is 0 Å². The quantitative estimate of drug-likeness (QED) is 0.934. The Labute approximate surface area is 104 Å². The van der Waals surface area contributed by atoms with Gasteiger partial charge in [-0.3, -0.25) is 0 Å². The first-order valence-corrected chi connectivity index (χ1v) is 6.05. The third-order valence-electron chi connectivity index (χ3n) is 2.52. The third-order valence-corrected chi connectivity index (χ3v) is 3.29. The topological polar surface area (TPSA) is 39.2 Å². The van der Waals surface area contributed by atoms with Crippen LogP contribution in [0.2, 0.25) is 0 Å². The van der Waals surface area contributed by atoms with Gasteiger partial charge in [0.25, 0.3) is 0 Å². The molecule has 0 fully saturated rings. The van der Waals surface area contributed by atoms with E-state index >= 15 is 0 Å². The normalized spacial score (nSPS) is 12.6. The van der Waals surface area contributed by atoms with Crippen LogP contribution in [0, 0.1) is 0 Å². The minimum absolute atomic E-state index is 0.122. The van der Waals surface area contributed by atoms with Gasteiger partial charge in [-0.05, 0) is 36.1 Å². The predicted octanol–water partition coefficient (Wildman–Crippen LogP) is 3.15. The van der Waals surface area contributed by atoms with E-state index in [9.17, 15) is 0 Å². The Morgan fingerprint density at radius 2 is 2.00 bits per heavy atom. The van der Waals surface area contributed by atoms with Crippen molar-refractivity contribution in [3.05, 3.63) is 58.5 Å². The molecule has 1 aromatic carbocycles. The molecule has 0 saturated carbocycles. The van der Waals surface area contributed by atoms with Crippen LogP contribution in [0.1, 0.15) is 11.1 Å². The fraction of sp³-hybridized carbons (Fsp3) is 0.231. The van der Waals surface area contributed by atoms with Crippen molar-refractivity contribution in [2.45, 2.75) is 18.9 Å². The van der Waals surface area contributed by atoms with Gasteiger partial charge in [-0.1, -0.05) is 34.1 Å². The number of rotatable bonds is 4. The third kappa shape index (κ3) is 2.97. The predicted molar refractivity (Wildman–Crippen MR) is 68.2 cm³/mol. The summed E-state index contributed by atoms with van der Waals surface area (Å²) >= 11 is 3.53. The number of halogens is 1. The molecule has 0 saturated heterocycles. The highest BCUT2D eigenvalue weighted by molar-refractivity contribution is 9.10. The Balaban J connectivity index is 1.97. The van der Waals surface area contributed by atoms with Crippen molar-refractivity contribution < 1.29 is 4.42 Å². The molecule has 3 heteroatoms. The summed E-state index contributed by atoms with van der Waals surface area (Å²) in [6.07, 6.45) is 5.14. The lowest BCUT2D eigenvalue weighted by Crippen LogP contribution is -2.25. The molecule has 0 radical (unpaired) electrons. The zero-order valence-electron chi connectivity index (χ0n) is 8.90. The molecule has 0 aliphatic rings. The van der Waals surface area contributed by atoms with Gasteiger partial charge in [0.15, 0.2) is 0 Å². The van der Waals surface area contributed by atoms with Crippen LogP contribution in [0.25, 0.3) is 0 Å². The fourth-order valence-corrected chi connectivity index (χ4v) is 2.18. The first kappa shape index (κ1) is 11.4. The average molecular weight is 280 g/mol. The van der Waals surface area contributed by atoms with Crippen LogP contribution >= 0.6 is 15.9 Å². The first-order chi connectivity index (χ1) is 7.75. The molecule has 2 rings (SSSR count). The summed E-state index contributed by atoms with van der Waals surface area (Å²) in [5.41, 5.74) is 8.50. The summed E-state index contributed by atoms with van der Waals surface area (Å²) in [6, 6.07) is 10.3. The van der Waals surface area contributed by atoms with Crippen LogP contribution in [0.4, 0.5) is 0 Å². The van der Waals surface area contributed by atoms with E-state index in [1.54, 1.807) is 12.5 Å². The standard InChI is InChI=1S/C13H14BrNO/c14-13-4-2-1-3-11(13)8-12(15)7-10-5-6-16-9-10/h1-6,9,12H,7-8,15H2. The summed E-state index contributed by atoms with van der Waals surface area (Å²) in [5.74, 6) is 0. The number of nitrogens with two attached hydrogens (primary N) is 1. The van der Waals surface area contributed by atoms with E-state index in [4.69, 9.17) is 10.2 Å². The van der Waals surface area contributed by atoms with E-state index in [0.717, 1.165) is 22.9 Å². The summed E-state index contributed by atoms with van der Waals surface area (Å²) in [5, 5.41) is 0. The lowest BCUT2D eigenvalue weighted by atomic mass is 10.0. The van der Waals surface area contributed by atoms with Crippen LogP contribution in [-0.2, 0) is 12.8 Å². The second kappa shape index (κ2) is 5.32. The summed E-state index contributed by atoms with van der Waals surface area (Å²) in [7, 11) is 0. The molecule has 0 aliphatic heterocycles. The Kier molecular flexibility index (Phi) is 3.80. The summed E-state index contributed by atoms with van der Waals surface area (Å²) in [4.78, 5) is 0. The molecular weight excluding hydrogens is 266 g/mol. The first-order valence-electron chi connectivity index (χ1n) is 5.26. The lowest BCUT2D eigenvalue weighted by Gasteiger charge is -2.11. The molecule has 1 atom stereocenters. The van der Waals surface area contributed by atoms with E-state index in [1.165, 1.54) is 5.56 Å². The van der Waals surface area contributed by atoms with Crippen LogP contribution in [0.15, 0.2) is 51.7 Å². The second-order valence-electron chi connectivity index (χ2n) is 3.89. The van der Waals surface area contributed by atoms with Gasteiger partial charge < -0.3 is 10.2 Å². The molecule has 0 aliphatic carbocycles. The van der Waals surface area contributed by atoms with Crippen molar-refractivity contribution in [2.24, 2.45) is 5.73 Å². The Bertz CT molecular complexity index is 439. The molecule has 1 heterocycles. The van der Waals surface area contributed by atoms with Gasteiger partial charge >= 0.3 is 0 Å². The smallest absolute Gasteiger partial charge is 0.0935 e. The average Bonchev–Trinajstić information content (AvgIpc) is 2.74. The van der Waals surface area contributed by atoms with Gasteiger partial charge in [0.2, 0.25) is 0 Å². The number of hydrogen-bond acceptors (Lipinski definition) is 2. The van der Waals surface area contributed by atoms with Crippen molar-refractivity contribution in [1.82, 2.24) is 0 Å². The van der Waals surface area contributed by atoms with E-state index in [1.807, 2.05) is 24.3 Å². The minimum atomic E-state index is 0.122. The maximum Gasteiger partial charge on any atom is 0.0935 e. The summed E-state index contributed by atoms with van der Waals surface area (Å²) in [6.45, 7) is 0.